The first-order valence-corrected chi connectivity index (χ1v) is 5.22. The number of oxazole rings is 1. The van der Waals surface area contributed by atoms with Gasteiger partial charge in [0.25, 0.3) is 0 Å². The second kappa shape index (κ2) is 6.12. The summed E-state index contributed by atoms with van der Waals surface area (Å²) in [7, 11) is 0. The maximum absolute atomic E-state index is 11.3. The predicted octanol–water partition coefficient (Wildman–Crippen LogP) is 1.72. The molecule has 0 spiro atoms. The van der Waals surface area contributed by atoms with Crippen LogP contribution in [0.5, 0.6) is 0 Å². The molecule has 7 heteroatoms. The molecule has 1 amide bonds. The highest BCUT2D eigenvalue weighted by molar-refractivity contribution is 6.17. The van der Waals surface area contributed by atoms with Crippen LogP contribution in [0.25, 0.3) is 0 Å². The van der Waals surface area contributed by atoms with Gasteiger partial charge in [-0.25, -0.2) is 9.78 Å². The van der Waals surface area contributed by atoms with Crippen molar-refractivity contribution in [3.63, 3.8) is 0 Å². The molecule has 1 heterocycles. The molecule has 0 atom stereocenters. The summed E-state index contributed by atoms with van der Waals surface area (Å²) in [6, 6.07) is -0.103. The first-order valence-electron chi connectivity index (χ1n) is 4.68. The lowest BCUT2D eigenvalue weighted by molar-refractivity contribution is -0.116. The van der Waals surface area contributed by atoms with Gasteiger partial charge in [-0.15, -0.1) is 11.6 Å². The summed E-state index contributed by atoms with van der Waals surface area (Å²) in [4.78, 5) is 25.3. The van der Waals surface area contributed by atoms with Crippen LogP contribution < -0.4 is 5.32 Å². The minimum absolute atomic E-state index is 0.103. The number of alkyl halides is 1. The van der Waals surface area contributed by atoms with Crippen LogP contribution in [0.1, 0.15) is 29.8 Å². The molecule has 1 aromatic rings. The highest BCUT2D eigenvalue weighted by Gasteiger charge is 2.12. The molecule has 88 valence electrons. The Bertz CT molecular complexity index is 377. The average molecular weight is 247 g/mol. The molecule has 0 unspecified atom stereocenters. The van der Waals surface area contributed by atoms with Gasteiger partial charge in [-0.05, 0) is 12.8 Å². The fourth-order valence-corrected chi connectivity index (χ4v) is 1.18. The number of hydrogen-bond donors (Lipinski definition) is 2. The Morgan fingerprint density at radius 3 is 2.81 bits per heavy atom. The van der Waals surface area contributed by atoms with Crippen LogP contribution in [-0.4, -0.2) is 27.8 Å². The van der Waals surface area contributed by atoms with Crippen LogP contribution in [0, 0.1) is 0 Å². The number of amides is 1. The Morgan fingerprint density at radius 2 is 2.25 bits per heavy atom. The van der Waals surface area contributed by atoms with Crippen molar-refractivity contribution in [2.45, 2.75) is 19.3 Å². The Labute approximate surface area is 96.6 Å². The molecular formula is C9H11ClN2O4. The molecule has 0 bridgehead atoms. The minimum Gasteiger partial charge on any atom is -0.475 e. The number of carboxylic acids is 1. The number of aromatic carboxylic acids is 1. The molecule has 0 saturated heterocycles. The van der Waals surface area contributed by atoms with E-state index in [1.807, 2.05) is 0 Å². The van der Waals surface area contributed by atoms with Gasteiger partial charge >= 0.3 is 12.0 Å². The van der Waals surface area contributed by atoms with Crippen molar-refractivity contribution in [3.8, 4) is 0 Å². The lowest BCUT2D eigenvalue weighted by Gasteiger charge is -1.99. The molecule has 0 radical (unpaired) electrons. The van der Waals surface area contributed by atoms with Crippen LogP contribution >= 0.6 is 11.6 Å². The van der Waals surface area contributed by atoms with E-state index in [0.717, 1.165) is 12.6 Å². The molecule has 2 N–H and O–H groups in total. The minimum atomic E-state index is -1.23. The summed E-state index contributed by atoms with van der Waals surface area (Å²) >= 11 is 5.46. The average Bonchev–Trinajstić information content (AvgIpc) is 2.66. The maximum Gasteiger partial charge on any atom is 0.373 e. The molecule has 1 aromatic heterocycles. The summed E-state index contributed by atoms with van der Waals surface area (Å²) in [6.07, 6.45) is 2.76. The van der Waals surface area contributed by atoms with E-state index < -0.39 is 5.97 Å². The van der Waals surface area contributed by atoms with Crippen LogP contribution in [0.4, 0.5) is 6.01 Å². The van der Waals surface area contributed by atoms with Crippen molar-refractivity contribution >= 4 is 29.5 Å². The monoisotopic (exact) mass is 246 g/mol. The van der Waals surface area contributed by atoms with Gasteiger partial charge in [0, 0.05) is 12.3 Å². The standard InChI is InChI=1S/C9H11ClN2O4/c10-4-2-1-3-7(13)12-9-11-5-6(16-9)8(14)15/h5H,1-4H2,(H,14,15)(H,11,12,13). The molecular weight excluding hydrogens is 236 g/mol. The number of carboxylic acid groups (broad SMARTS) is 1. The zero-order valence-electron chi connectivity index (χ0n) is 8.40. The summed E-state index contributed by atoms with van der Waals surface area (Å²) in [6.45, 7) is 0. The van der Waals surface area contributed by atoms with Gasteiger partial charge < -0.3 is 9.52 Å². The second-order valence-corrected chi connectivity index (χ2v) is 3.41. The Hall–Kier alpha value is -1.56. The number of hydrogen-bond acceptors (Lipinski definition) is 4. The van der Waals surface area contributed by atoms with Crippen molar-refractivity contribution in [1.29, 1.82) is 0 Å². The molecule has 0 saturated carbocycles. The number of rotatable bonds is 6. The van der Waals surface area contributed by atoms with E-state index >= 15 is 0 Å². The fourth-order valence-electron chi connectivity index (χ4n) is 0.993. The number of unbranched alkanes of at least 4 members (excludes halogenated alkanes) is 1. The lowest BCUT2D eigenvalue weighted by Crippen LogP contribution is -2.11. The van der Waals surface area contributed by atoms with Crippen molar-refractivity contribution in [2.24, 2.45) is 0 Å². The van der Waals surface area contributed by atoms with Gasteiger partial charge in [-0.3, -0.25) is 10.1 Å². The molecule has 0 fully saturated rings. The fraction of sp³-hybridized carbons (Fsp3) is 0.444. The highest BCUT2D eigenvalue weighted by atomic mass is 35.5. The van der Waals surface area contributed by atoms with Crippen molar-refractivity contribution < 1.29 is 19.1 Å². The molecule has 0 aromatic carbocycles. The number of nitrogens with zero attached hydrogens (tertiary/aromatic N) is 1. The SMILES string of the molecule is O=C(CCCCCl)Nc1ncc(C(=O)O)o1. The van der Waals surface area contributed by atoms with Crippen molar-refractivity contribution in [1.82, 2.24) is 4.98 Å². The smallest absolute Gasteiger partial charge is 0.373 e. The van der Waals surface area contributed by atoms with Crippen LogP contribution in [0.15, 0.2) is 10.6 Å². The molecule has 0 aliphatic heterocycles. The third-order valence-electron chi connectivity index (χ3n) is 1.75. The zero-order chi connectivity index (χ0) is 12.0. The third kappa shape index (κ3) is 3.90. The van der Waals surface area contributed by atoms with E-state index in [1.54, 1.807) is 0 Å². The molecule has 0 aliphatic rings. The normalized spacial score (nSPS) is 10.1. The summed E-state index contributed by atoms with van der Waals surface area (Å²) in [5.74, 6) is -1.30. The lowest BCUT2D eigenvalue weighted by atomic mass is 10.2. The number of nitrogens with one attached hydrogen (secondary N) is 1. The topological polar surface area (TPSA) is 92.4 Å². The maximum atomic E-state index is 11.3. The Morgan fingerprint density at radius 1 is 1.50 bits per heavy atom. The van der Waals surface area contributed by atoms with Crippen molar-refractivity contribution in [3.05, 3.63) is 12.0 Å². The number of carbonyl (C=O) groups is 2. The summed E-state index contributed by atoms with van der Waals surface area (Å²) < 4.78 is 4.75. The van der Waals surface area contributed by atoms with E-state index in [-0.39, 0.29) is 17.7 Å². The molecule has 1 rings (SSSR count). The first-order chi connectivity index (χ1) is 7.63. The van der Waals surface area contributed by atoms with Crippen LogP contribution in [0.2, 0.25) is 0 Å². The largest absolute Gasteiger partial charge is 0.475 e. The first kappa shape index (κ1) is 12.5. The van der Waals surface area contributed by atoms with E-state index in [1.165, 1.54) is 0 Å². The van der Waals surface area contributed by atoms with Crippen LogP contribution in [-0.2, 0) is 4.79 Å². The Balaban J connectivity index is 2.40. The number of halogens is 1. The Kier molecular flexibility index (Phi) is 4.78. The van der Waals surface area contributed by atoms with Gasteiger partial charge in [0.1, 0.15) is 0 Å². The van der Waals surface area contributed by atoms with Gasteiger partial charge in [-0.1, -0.05) is 0 Å². The number of aromatic nitrogens is 1. The van der Waals surface area contributed by atoms with E-state index in [4.69, 9.17) is 21.1 Å². The predicted molar refractivity (Wildman–Crippen MR) is 56.7 cm³/mol. The van der Waals surface area contributed by atoms with Gasteiger partial charge in [0.2, 0.25) is 11.7 Å². The van der Waals surface area contributed by atoms with E-state index in [0.29, 0.717) is 18.7 Å². The third-order valence-corrected chi connectivity index (χ3v) is 2.02. The summed E-state index contributed by atoms with van der Waals surface area (Å²) in [5, 5.41) is 10.9. The zero-order valence-corrected chi connectivity index (χ0v) is 9.16. The van der Waals surface area contributed by atoms with Crippen molar-refractivity contribution in [2.75, 3.05) is 11.2 Å². The van der Waals surface area contributed by atoms with Crippen LogP contribution in [0.3, 0.4) is 0 Å². The quantitative estimate of drug-likeness (QED) is 0.589. The van der Waals surface area contributed by atoms with Gasteiger partial charge in [-0.2, -0.15) is 0 Å². The number of carbonyl (C=O) groups excluding carboxylic acids is 1. The molecule has 0 aliphatic carbocycles. The van der Waals surface area contributed by atoms with E-state index in [2.05, 4.69) is 10.3 Å². The van der Waals surface area contributed by atoms with E-state index in [9.17, 15) is 9.59 Å². The number of anilines is 1. The molecule has 16 heavy (non-hydrogen) atoms. The van der Waals surface area contributed by atoms with Gasteiger partial charge in [0.15, 0.2) is 0 Å². The molecule has 6 nitrogen and oxygen atoms in total. The highest BCUT2D eigenvalue weighted by Crippen LogP contribution is 2.09. The second-order valence-electron chi connectivity index (χ2n) is 3.03. The summed E-state index contributed by atoms with van der Waals surface area (Å²) in [5.41, 5.74) is 0. The van der Waals surface area contributed by atoms with Gasteiger partial charge in [0.05, 0.1) is 6.20 Å².